The molecule has 158 valence electrons. The molecule has 0 atom stereocenters. The lowest BCUT2D eigenvalue weighted by Crippen LogP contribution is -2.43. The van der Waals surface area contributed by atoms with Gasteiger partial charge in [-0.3, -0.25) is 4.98 Å². The van der Waals surface area contributed by atoms with Gasteiger partial charge in [-0.2, -0.15) is 0 Å². The monoisotopic (exact) mass is 430 g/mol. The Labute approximate surface area is 186 Å². The van der Waals surface area contributed by atoms with Crippen LogP contribution >= 0.6 is 11.3 Å². The molecule has 31 heavy (non-hydrogen) atoms. The van der Waals surface area contributed by atoms with E-state index in [-0.39, 0.29) is 0 Å². The maximum Gasteiger partial charge on any atom is 0.178 e. The van der Waals surface area contributed by atoms with Crippen molar-refractivity contribution in [3.8, 4) is 11.5 Å². The molecule has 0 N–H and O–H groups in total. The third-order valence-corrected chi connectivity index (χ3v) is 8.05. The molecular weight excluding hydrogens is 404 g/mol. The first-order valence-electron chi connectivity index (χ1n) is 11.1. The molecule has 1 aromatic carbocycles. The summed E-state index contributed by atoms with van der Waals surface area (Å²) in [5.74, 6) is 0.693. The highest BCUT2D eigenvalue weighted by Crippen LogP contribution is 2.42. The van der Waals surface area contributed by atoms with Crippen LogP contribution in [0.15, 0.2) is 42.0 Å². The molecule has 6 rings (SSSR count). The Morgan fingerprint density at radius 2 is 1.77 bits per heavy atom. The van der Waals surface area contributed by atoms with Gasteiger partial charge in [0.05, 0.1) is 5.52 Å². The normalized spacial score (nSPS) is 18.8. The van der Waals surface area contributed by atoms with Crippen LogP contribution in [0.25, 0.3) is 32.5 Å². The van der Waals surface area contributed by atoms with Crippen molar-refractivity contribution < 1.29 is 4.74 Å². The third-order valence-electron chi connectivity index (χ3n) is 7.17. The van der Waals surface area contributed by atoms with Crippen molar-refractivity contribution in [3.05, 3.63) is 47.6 Å². The number of pyridine rings is 1. The molecule has 2 fully saturated rings. The van der Waals surface area contributed by atoms with Crippen LogP contribution in [0.2, 0.25) is 0 Å². The fourth-order valence-corrected chi connectivity index (χ4v) is 5.93. The fraction of sp³-hybridized carbons (Fsp3) is 0.400. The number of aromatic nitrogens is 3. The molecule has 5 nitrogen and oxygen atoms in total. The molecule has 5 heterocycles. The summed E-state index contributed by atoms with van der Waals surface area (Å²) in [4.78, 5) is 16.7. The molecule has 4 aromatic rings. The zero-order valence-corrected chi connectivity index (χ0v) is 18.6. The van der Waals surface area contributed by atoms with Crippen LogP contribution in [0, 0.1) is 12.3 Å². The predicted molar refractivity (Wildman–Crippen MR) is 127 cm³/mol. The Morgan fingerprint density at radius 3 is 2.61 bits per heavy atom. The number of hydrogen-bond donors (Lipinski definition) is 0. The molecule has 1 spiro atoms. The predicted octanol–water partition coefficient (Wildman–Crippen LogP) is 5.61. The molecule has 6 heteroatoms. The summed E-state index contributed by atoms with van der Waals surface area (Å²) in [7, 11) is 0. The maximum absolute atomic E-state index is 5.60. The number of nitrogens with zero attached hydrogens (tertiary/aromatic N) is 4. The Morgan fingerprint density at radius 1 is 0.968 bits per heavy atom. The van der Waals surface area contributed by atoms with Gasteiger partial charge in [0.25, 0.3) is 0 Å². The molecule has 2 aliphatic rings. The maximum atomic E-state index is 5.60. The van der Waals surface area contributed by atoms with Gasteiger partial charge in [-0.1, -0.05) is 0 Å². The zero-order chi connectivity index (χ0) is 20.8. The Balaban J connectivity index is 1.28. The van der Waals surface area contributed by atoms with Gasteiger partial charge in [0.2, 0.25) is 0 Å². The average molecular weight is 431 g/mol. The van der Waals surface area contributed by atoms with Gasteiger partial charge in [0.15, 0.2) is 5.82 Å². The highest BCUT2D eigenvalue weighted by molar-refractivity contribution is 7.17. The van der Waals surface area contributed by atoms with Crippen LogP contribution in [-0.2, 0) is 4.74 Å². The van der Waals surface area contributed by atoms with E-state index in [1.54, 1.807) is 11.3 Å². The summed E-state index contributed by atoms with van der Waals surface area (Å²) in [5.41, 5.74) is 4.84. The molecule has 3 aromatic heterocycles. The molecule has 0 unspecified atom stereocenters. The standard InChI is InChI=1S/C25H26N4OS/c1-17-12-20(29-7-3-25(4-8-29)5-9-30-10-6-25)13-19-16-27-24(28-23(17)19)21-14-22-18(15-26-21)2-11-31-22/h2,11-16H,3-10H2,1H3. The van der Waals surface area contributed by atoms with E-state index < -0.39 is 0 Å². The van der Waals surface area contributed by atoms with Gasteiger partial charge in [-0.25, -0.2) is 9.97 Å². The lowest BCUT2D eigenvalue weighted by molar-refractivity contribution is 0.00212. The number of fused-ring (bicyclic) bond motifs is 2. The van der Waals surface area contributed by atoms with Crippen LogP contribution in [0.5, 0.6) is 0 Å². The van der Waals surface area contributed by atoms with Crippen molar-refractivity contribution in [1.29, 1.82) is 0 Å². The fourth-order valence-electron chi connectivity index (χ4n) is 5.13. The van der Waals surface area contributed by atoms with Gasteiger partial charge in [0.1, 0.15) is 5.69 Å². The summed E-state index contributed by atoms with van der Waals surface area (Å²) in [6.45, 7) is 6.26. The van der Waals surface area contributed by atoms with E-state index in [0.29, 0.717) is 11.2 Å². The number of anilines is 1. The third kappa shape index (κ3) is 3.48. The quantitative estimate of drug-likeness (QED) is 0.414. The van der Waals surface area contributed by atoms with Gasteiger partial charge < -0.3 is 9.64 Å². The Hall–Kier alpha value is -2.57. The molecule has 2 aliphatic heterocycles. The molecule has 0 amide bonds. The topological polar surface area (TPSA) is 51.1 Å². The van der Waals surface area contributed by atoms with Crippen LogP contribution in [0.4, 0.5) is 5.69 Å². The van der Waals surface area contributed by atoms with Gasteiger partial charge >= 0.3 is 0 Å². The average Bonchev–Trinajstić information content (AvgIpc) is 3.28. The van der Waals surface area contributed by atoms with Crippen LogP contribution in [0.3, 0.4) is 0 Å². The van der Waals surface area contributed by atoms with Gasteiger partial charge in [-0.15, -0.1) is 11.3 Å². The van der Waals surface area contributed by atoms with Crippen molar-refractivity contribution in [1.82, 2.24) is 15.0 Å². The summed E-state index contributed by atoms with van der Waals surface area (Å²) in [6.07, 6.45) is 8.84. The summed E-state index contributed by atoms with van der Waals surface area (Å²) in [6, 6.07) is 8.72. The highest BCUT2D eigenvalue weighted by atomic mass is 32.1. The van der Waals surface area contributed by atoms with E-state index >= 15 is 0 Å². The second kappa shape index (κ2) is 7.53. The van der Waals surface area contributed by atoms with E-state index in [4.69, 9.17) is 9.72 Å². The number of benzene rings is 1. The number of ether oxygens (including phenoxy) is 1. The molecule has 0 bridgehead atoms. The molecule has 2 saturated heterocycles. The Kier molecular flexibility index (Phi) is 4.65. The van der Waals surface area contributed by atoms with E-state index in [1.165, 1.54) is 47.0 Å². The first kappa shape index (κ1) is 19.1. The summed E-state index contributed by atoms with van der Waals surface area (Å²) in [5, 5.41) is 4.36. The number of aryl methyl sites for hydroxylation is 1. The van der Waals surface area contributed by atoms with Crippen LogP contribution in [-0.4, -0.2) is 41.3 Å². The molecular formula is C25H26N4OS. The number of thiophene rings is 1. The second-order valence-electron chi connectivity index (χ2n) is 9.02. The minimum absolute atomic E-state index is 0.509. The smallest absolute Gasteiger partial charge is 0.178 e. The van der Waals surface area contributed by atoms with E-state index in [2.05, 4.69) is 51.4 Å². The molecule has 0 aliphatic carbocycles. The van der Waals surface area contributed by atoms with Crippen molar-refractivity contribution >= 4 is 38.0 Å². The van der Waals surface area contributed by atoms with Gasteiger partial charge in [0, 0.05) is 59.9 Å². The SMILES string of the molecule is Cc1cc(N2CCC3(CCOCC3)CC2)cc2cnc(-c3cc4sccc4cn3)nc12. The lowest BCUT2D eigenvalue weighted by atomic mass is 9.72. The first-order chi connectivity index (χ1) is 15.2. The van der Waals surface area contributed by atoms with Crippen molar-refractivity contribution in [2.45, 2.75) is 32.6 Å². The van der Waals surface area contributed by atoms with Crippen molar-refractivity contribution in [2.24, 2.45) is 5.41 Å². The number of hydrogen-bond acceptors (Lipinski definition) is 6. The van der Waals surface area contributed by atoms with E-state index in [0.717, 1.165) is 42.9 Å². The Bertz CT molecular complexity index is 1250. The summed E-state index contributed by atoms with van der Waals surface area (Å²) >= 11 is 1.72. The highest BCUT2D eigenvalue weighted by Gasteiger charge is 2.36. The summed E-state index contributed by atoms with van der Waals surface area (Å²) < 4.78 is 6.82. The van der Waals surface area contributed by atoms with Crippen molar-refractivity contribution in [3.63, 3.8) is 0 Å². The van der Waals surface area contributed by atoms with E-state index in [9.17, 15) is 0 Å². The zero-order valence-electron chi connectivity index (χ0n) is 17.8. The van der Waals surface area contributed by atoms with Crippen LogP contribution in [0.1, 0.15) is 31.2 Å². The molecule has 0 saturated carbocycles. The second-order valence-corrected chi connectivity index (χ2v) is 9.97. The largest absolute Gasteiger partial charge is 0.381 e. The number of rotatable bonds is 2. The van der Waals surface area contributed by atoms with Gasteiger partial charge in [-0.05, 0) is 73.2 Å². The first-order valence-corrected chi connectivity index (χ1v) is 12.0. The number of piperidine rings is 1. The lowest BCUT2D eigenvalue weighted by Gasteiger charge is -2.45. The minimum atomic E-state index is 0.509. The van der Waals surface area contributed by atoms with Crippen molar-refractivity contribution in [2.75, 3.05) is 31.2 Å². The molecule has 0 radical (unpaired) electrons. The van der Waals surface area contributed by atoms with E-state index in [1.807, 2.05) is 12.4 Å². The minimum Gasteiger partial charge on any atom is -0.381 e. The van der Waals surface area contributed by atoms with Crippen LogP contribution < -0.4 is 4.90 Å².